The number of likely N-dealkylation sites (tertiary alicyclic amines) is 1. The summed E-state index contributed by atoms with van der Waals surface area (Å²) in [7, 11) is 4.79. The van der Waals surface area contributed by atoms with Gasteiger partial charge in [-0.15, -0.1) is 0 Å². The zero-order valence-electron chi connectivity index (χ0n) is 17.5. The van der Waals surface area contributed by atoms with Gasteiger partial charge < -0.3 is 19.3 Å². The van der Waals surface area contributed by atoms with Crippen molar-refractivity contribution in [1.82, 2.24) is 14.9 Å². The first kappa shape index (κ1) is 19.9. The van der Waals surface area contributed by atoms with Crippen molar-refractivity contribution < 1.29 is 19.3 Å². The summed E-state index contributed by atoms with van der Waals surface area (Å²) in [5.41, 5.74) is 2.06. The minimum Gasteiger partial charge on any atom is -0.496 e. The van der Waals surface area contributed by atoms with E-state index in [-0.39, 0.29) is 11.9 Å². The first-order valence-corrected chi connectivity index (χ1v) is 10.0. The lowest BCUT2D eigenvalue weighted by Gasteiger charge is -2.31. The number of hydrogen-bond acceptors (Lipinski definition) is 7. The van der Waals surface area contributed by atoms with Gasteiger partial charge >= 0.3 is 6.01 Å². The van der Waals surface area contributed by atoms with Crippen LogP contribution in [0.1, 0.15) is 29.5 Å². The van der Waals surface area contributed by atoms with Gasteiger partial charge in [0.15, 0.2) is 0 Å². The van der Waals surface area contributed by atoms with Gasteiger partial charge in [0, 0.05) is 37.3 Å². The Bertz CT molecular complexity index is 890. The Morgan fingerprint density at radius 3 is 2.72 bits per heavy atom. The Labute approximate surface area is 171 Å². The van der Waals surface area contributed by atoms with E-state index in [9.17, 15) is 5.11 Å². The molecule has 2 heterocycles. The number of hydrogen-bond donors (Lipinski definition) is 1. The van der Waals surface area contributed by atoms with Crippen molar-refractivity contribution in [3.05, 3.63) is 41.1 Å². The third-order valence-corrected chi connectivity index (χ3v) is 6.43. The fraction of sp³-hybridized carbons (Fsp3) is 0.545. The average molecular weight is 399 g/mol. The van der Waals surface area contributed by atoms with Crippen LogP contribution in [0.2, 0.25) is 0 Å². The molecule has 1 aliphatic carbocycles. The molecule has 2 aliphatic rings. The number of aryl methyl sites for hydroxylation is 1. The molecule has 7 nitrogen and oxygen atoms in total. The van der Waals surface area contributed by atoms with Gasteiger partial charge in [-0.05, 0) is 31.7 Å². The molecule has 0 unspecified atom stereocenters. The molecule has 1 N–H and O–H groups in total. The largest absolute Gasteiger partial charge is 0.496 e. The normalized spacial score (nSPS) is 26.4. The van der Waals surface area contributed by atoms with Crippen molar-refractivity contribution in [3.63, 3.8) is 0 Å². The Morgan fingerprint density at radius 1 is 1.17 bits per heavy atom. The third kappa shape index (κ3) is 3.53. The summed E-state index contributed by atoms with van der Waals surface area (Å²) in [6.45, 7) is 4.68. The summed E-state index contributed by atoms with van der Waals surface area (Å²) in [6.07, 6.45) is 3.31. The Balaban J connectivity index is 1.57. The number of ether oxygens (including phenoxy) is 3. The highest BCUT2D eigenvalue weighted by Crippen LogP contribution is 2.52. The van der Waals surface area contributed by atoms with Crippen LogP contribution >= 0.6 is 0 Å². The van der Waals surface area contributed by atoms with Gasteiger partial charge in [-0.1, -0.05) is 17.7 Å². The van der Waals surface area contributed by atoms with E-state index in [4.69, 9.17) is 14.2 Å². The molecule has 1 aliphatic heterocycles. The molecule has 2 aromatic rings. The van der Waals surface area contributed by atoms with Crippen molar-refractivity contribution in [2.24, 2.45) is 11.8 Å². The van der Waals surface area contributed by atoms with Crippen LogP contribution in [0.15, 0.2) is 24.4 Å². The van der Waals surface area contributed by atoms with Crippen molar-refractivity contribution >= 4 is 0 Å². The lowest BCUT2D eigenvalue weighted by molar-refractivity contribution is -0.00973. The highest BCUT2D eigenvalue weighted by atomic mass is 16.5. The predicted molar refractivity (Wildman–Crippen MR) is 108 cm³/mol. The summed E-state index contributed by atoms with van der Waals surface area (Å²) in [5, 5.41) is 11.7. The molecule has 0 amide bonds. The molecule has 156 valence electrons. The molecule has 7 heteroatoms. The van der Waals surface area contributed by atoms with Crippen molar-refractivity contribution in [2.75, 3.05) is 34.4 Å². The fourth-order valence-corrected chi connectivity index (χ4v) is 5.02. The maximum absolute atomic E-state index is 11.7. The number of rotatable bonds is 6. The van der Waals surface area contributed by atoms with Crippen molar-refractivity contribution in [1.29, 1.82) is 0 Å². The standard InChI is InChI=1S/C22H29N3O4/c1-14-5-6-19(27-2)16(9-14)12-25-11-15-7-8-22(26,18(15)13-25)17-10-23-21(29-4)24-20(17)28-3/h5-6,9-10,15,18,26H,7-8,11-13H2,1-4H3/t15-,18+,22+/m0/s1. The zero-order chi connectivity index (χ0) is 20.6. The van der Waals surface area contributed by atoms with Crippen LogP contribution in [0.5, 0.6) is 17.6 Å². The number of aliphatic hydroxyl groups is 1. The van der Waals surface area contributed by atoms with Gasteiger partial charge in [0.2, 0.25) is 5.88 Å². The van der Waals surface area contributed by atoms with E-state index in [1.54, 1.807) is 20.4 Å². The molecule has 3 atom stereocenters. The van der Waals surface area contributed by atoms with E-state index < -0.39 is 5.60 Å². The molecule has 2 fully saturated rings. The van der Waals surface area contributed by atoms with Crippen LogP contribution in [0.3, 0.4) is 0 Å². The Hall–Kier alpha value is -2.38. The average Bonchev–Trinajstić information content (AvgIpc) is 3.27. The minimum absolute atomic E-state index is 0.115. The van der Waals surface area contributed by atoms with Crippen LogP contribution in [-0.2, 0) is 12.1 Å². The molecule has 29 heavy (non-hydrogen) atoms. The van der Waals surface area contributed by atoms with E-state index in [0.29, 0.717) is 23.8 Å². The quantitative estimate of drug-likeness (QED) is 0.800. The molecule has 1 aromatic carbocycles. The minimum atomic E-state index is -0.992. The molecule has 1 saturated carbocycles. The lowest BCUT2D eigenvalue weighted by atomic mass is 9.83. The van der Waals surface area contributed by atoms with Gasteiger partial charge in [0.25, 0.3) is 0 Å². The summed E-state index contributed by atoms with van der Waals surface area (Å²) in [5.74, 6) is 1.85. The first-order valence-electron chi connectivity index (χ1n) is 10.0. The SMILES string of the molecule is COc1ncc([C@]2(O)CC[C@H]3CN(Cc4cc(C)ccc4OC)C[C@H]32)c(OC)n1. The summed E-state index contributed by atoms with van der Waals surface area (Å²) < 4.78 is 16.1. The molecule has 4 rings (SSSR count). The third-order valence-electron chi connectivity index (χ3n) is 6.43. The van der Waals surface area contributed by atoms with Crippen LogP contribution in [0.4, 0.5) is 0 Å². The van der Waals surface area contributed by atoms with Gasteiger partial charge in [-0.25, -0.2) is 4.98 Å². The second kappa shape index (κ2) is 7.80. The number of fused-ring (bicyclic) bond motifs is 1. The predicted octanol–water partition coefficient (Wildman–Crippen LogP) is 2.54. The summed E-state index contributed by atoms with van der Waals surface area (Å²) in [6, 6.07) is 6.51. The van der Waals surface area contributed by atoms with Crippen molar-refractivity contribution in [3.8, 4) is 17.6 Å². The number of methoxy groups -OCH3 is 3. The molecule has 1 aromatic heterocycles. The number of aromatic nitrogens is 2. The molecule has 0 bridgehead atoms. The summed E-state index contributed by atoms with van der Waals surface area (Å²) in [4.78, 5) is 10.9. The molecule has 0 radical (unpaired) electrons. The Morgan fingerprint density at radius 2 is 2.00 bits per heavy atom. The van der Waals surface area contributed by atoms with Crippen LogP contribution in [-0.4, -0.2) is 54.4 Å². The first-order chi connectivity index (χ1) is 14.0. The van der Waals surface area contributed by atoms with Crippen molar-refractivity contribution in [2.45, 2.75) is 31.9 Å². The molecular formula is C22H29N3O4. The van der Waals surface area contributed by atoms with Gasteiger partial charge in [0.05, 0.1) is 26.9 Å². The highest BCUT2D eigenvalue weighted by molar-refractivity contribution is 5.37. The Kier molecular flexibility index (Phi) is 5.36. The van der Waals surface area contributed by atoms with Gasteiger partial charge in [-0.3, -0.25) is 4.90 Å². The second-order valence-electron chi connectivity index (χ2n) is 8.12. The zero-order valence-corrected chi connectivity index (χ0v) is 17.5. The van der Waals surface area contributed by atoms with E-state index in [2.05, 4.69) is 33.9 Å². The van der Waals surface area contributed by atoms with Crippen LogP contribution in [0.25, 0.3) is 0 Å². The van der Waals surface area contributed by atoms with Gasteiger partial charge in [0.1, 0.15) is 11.4 Å². The van der Waals surface area contributed by atoms with Gasteiger partial charge in [-0.2, -0.15) is 4.98 Å². The molecular weight excluding hydrogens is 370 g/mol. The van der Waals surface area contributed by atoms with E-state index >= 15 is 0 Å². The summed E-state index contributed by atoms with van der Waals surface area (Å²) >= 11 is 0. The number of benzene rings is 1. The van der Waals surface area contributed by atoms with Crippen LogP contribution < -0.4 is 14.2 Å². The fourth-order valence-electron chi connectivity index (χ4n) is 5.02. The molecule has 1 saturated heterocycles. The van der Waals surface area contributed by atoms with Crippen LogP contribution in [0, 0.1) is 18.8 Å². The molecule has 0 spiro atoms. The lowest BCUT2D eigenvalue weighted by Crippen LogP contribution is -2.35. The highest BCUT2D eigenvalue weighted by Gasteiger charge is 2.53. The maximum Gasteiger partial charge on any atom is 0.319 e. The van der Waals surface area contributed by atoms with E-state index in [1.807, 2.05) is 6.07 Å². The number of nitrogens with zero attached hydrogens (tertiary/aromatic N) is 3. The van der Waals surface area contributed by atoms with E-state index in [0.717, 1.165) is 31.8 Å². The topological polar surface area (TPSA) is 76.9 Å². The maximum atomic E-state index is 11.7. The second-order valence-corrected chi connectivity index (χ2v) is 8.12. The monoisotopic (exact) mass is 399 g/mol. The van der Waals surface area contributed by atoms with E-state index in [1.165, 1.54) is 18.2 Å². The smallest absolute Gasteiger partial charge is 0.319 e.